The van der Waals surface area contributed by atoms with Gasteiger partial charge in [0.05, 0.1) is 10.1 Å². The minimum atomic E-state index is -3.50. The van der Waals surface area contributed by atoms with Crippen LogP contribution in [0.25, 0.3) is 0 Å². The molecule has 2 aromatic rings. The lowest BCUT2D eigenvalue weighted by molar-refractivity contribution is -0.131. The second-order valence-electron chi connectivity index (χ2n) is 5.51. The minimum absolute atomic E-state index is 0.00282. The highest BCUT2D eigenvalue weighted by Gasteiger charge is 2.31. The van der Waals surface area contributed by atoms with Gasteiger partial charge in [-0.15, -0.1) is 10.2 Å². The van der Waals surface area contributed by atoms with Gasteiger partial charge in [-0.05, 0) is 19.1 Å². The van der Waals surface area contributed by atoms with Crippen LogP contribution in [0.5, 0.6) is 0 Å². The molecule has 1 aromatic carbocycles. The second kappa shape index (κ2) is 7.81. The first-order chi connectivity index (χ1) is 12.0. The molecule has 0 aliphatic carbocycles. The zero-order valence-corrected chi connectivity index (χ0v) is 16.1. The van der Waals surface area contributed by atoms with Crippen LogP contribution in [-0.4, -0.2) is 65.2 Å². The number of aromatic nitrogens is 2. The lowest BCUT2D eigenvalue weighted by Crippen LogP contribution is -2.52. The Labute approximate surface area is 155 Å². The molecule has 25 heavy (non-hydrogen) atoms. The smallest absolute Gasteiger partial charge is 0.243 e. The number of carbonyl (C=O) groups is 1. The van der Waals surface area contributed by atoms with Gasteiger partial charge in [0, 0.05) is 26.2 Å². The second-order valence-corrected chi connectivity index (χ2v) is 9.87. The van der Waals surface area contributed by atoms with Gasteiger partial charge in [0.15, 0.2) is 4.34 Å². The van der Waals surface area contributed by atoms with E-state index in [1.807, 2.05) is 6.92 Å². The standard InChI is InChI=1S/C15H18N4O3S3/c1-12(24-15-17-16-11-23-15)14(20)18-7-9-19(10-8-18)25(21,22)13-5-3-2-4-6-13/h2-6,11-12H,7-10H2,1H3/t12-/m1/s1. The Hall–Kier alpha value is -1.49. The van der Waals surface area contributed by atoms with Gasteiger partial charge in [0.1, 0.15) is 5.51 Å². The molecule has 2 heterocycles. The Kier molecular flexibility index (Phi) is 5.72. The van der Waals surface area contributed by atoms with E-state index in [4.69, 9.17) is 0 Å². The zero-order valence-electron chi connectivity index (χ0n) is 13.6. The third kappa shape index (κ3) is 4.20. The van der Waals surface area contributed by atoms with Crippen molar-refractivity contribution in [2.45, 2.75) is 21.4 Å². The summed E-state index contributed by atoms with van der Waals surface area (Å²) in [5, 5.41) is 7.42. The first-order valence-corrected chi connectivity index (χ1v) is 11.0. The summed E-state index contributed by atoms with van der Waals surface area (Å²) in [6.07, 6.45) is 0. The molecule has 1 aliphatic rings. The molecule has 1 amide bonds. The van der Waals surface area contributed by atoms with E-state index in [9.17, 15) is 13.2 Å². The van der Waals surface area contributed by atoms with Crippen LogP contribution in [0.15, 0.2) is 45.1 Å². The van der Waals surface area contributed by atoms with Crippen LogP contribution >= 0.6 is 23.1 Å². The maximum Gasteiger partial charge on any atom is 0.243 e. The molecule has 0 bridgehead atoms. The number of thioether (sulfide) groups is 1. The van der Waals surface area contributed by atoms with Gasteiger partial charge in [0.25, 0.3) is 0 Å². The third-order valence-corrected chi connectivity index (χ3v) is 7.71. The van der Waals surface area contributed by atoms with Gasteiger partial charge < -0.3 is 4.90 Å². The van der Waals surface area contributed by atoms with Crippen molar-refractivity contribution in [3.05, 3.63) is 35.8 Å². The summed E-state index contributed by atoms with van der Waals surface area (Å²) in [5.41, 5.74) is 1.63. The summed E-state index contributed by atoms with van der Waals surface area (Å²) >= 11 is 2.78. The first kappa shape index (κ1) is 18.3. The van der Waals surface area contributed by atoms with Crippen LogP contribution in [0.1, 0.15) is 6.92 Å². The van der Waals surface area contributed by atoms with E-state index in [-0.39, 0.29) is 16.1 Å². The fourth-order valence-corrected chi connectivity index (χ4v) is 5.72. The highest BCUT2D eigenvalue weighted by atomic mass is 32.2. The van der Waals surface area contributed by atoms with Gasteiger partial charge >= 0.3 is 0 Å². The number of sulfonamides is 1. The van der Waals surface area contributed by atoms with E-state index in [0.29, 0.717) is 26.2 Å². The third-order valence-electron chi connectivity index (χ3n) is 3.90. The largest absolute Gasteiger partial charge is 0.339 e. The Balaban J connectivity index is 1.59. The zero-order chi connectivity index (χ0) is 17.9. The average Bonchev–Trinajstić information content (AvgIpc) is 3.15. The molecule has 134 valence electrons. The van der Waals surface area contributed by atoms with Crippen LogP contribution in [0.3, 0.4) is 0 Å². The first-order valence-electron chi connectivity index (χ1n) is 7.75. The molecule has 10 heteroatoms. The fraction of sp³-hybridized carbons (Fsp3) is 0.400. The molecule has 0 N–H and O–H groups in total. The van der Waals surface area contributed by atoms with Crippen molar-refractivity contribution < 1.29 is 13.2 Å². The van der Waals surface area contributed by atoms with E-state index in [1.54, 1.807) is 40.7 Å². The Morgan fingerprint density at radius 2 is 1.88 bits per heavy atom. The molecule has 0 unspecified atom stereocenters. The molecule has 1 fully saturated rings. The summed E-state index contributed by atoms with van der Waals surface area (Å²) in [4.78, 5) is 14.5. The summed E-state index contributed by atoms with van der Waals surface area (Å²) in [6, 6.07) is 8.38. The maximum atomic E-state index is 12.6. The van der Waals surface area contributed by atoms with Crippen molar-refractivity contribution in [3.8, 4) is 0 Å². The molecule has 1 atom stereocenters. The molecule has 1 aromatic heterocycles. The van der Waals surface area contributed by atoms with Gasteiger partial charge in [-0.2, -0.15) is 4.31 Å². The van der Waals surface area contributed by atoms with E-state index >= 15 is 0 Å². The number of amides is 1. The normalized spacial score (nSPS) is 17.4. The molecule has 0 spiro atoms. The van der Waals surface area contributed by atoms with Crippen molar-refractivity contribution in [3.63, 3.8) is 0 Å². The van der Waals surface area contributed by atoms with Crippen molar-refractivity contribution in [2.75, 3.05) is 26.2 Å². The predicted molar refractivity (Wildman–Crippen MR) is 97.0 cm³/mol. The van der Waals surface area contributed by atoms with E-state index < -0.39 is 10.0 Å². The molecular weight excluding hydrogens is 380 g/mol. The van der Waals surface area contributed by atoms with E-state index in [1.165, 1.54) is 27.4 Å². The number of benzene rings is 1. The number of nitrogens with zero attached hydrogens (tertiary/aromatic N) is 4. The monoisotopic (exact) mass is 398 g/mol. The molecule has 0 radical (unpaired) electrons. The van der Waals surface area contributed by atoms with Gasteiger partial charge in [-0.3, -0.25) is 4.79 Å². The van der Waals surface area contributed by atoms with Crippen molar-refractivity contribution >= 4 is 39.0 Å². The molecule has 1 aliphatic heterocycles. The Morgan fingerprint density at radius 3 is 2.48 bits per heavy atom. The fourth-order valence-electron chi connectivity index (χ4n) is 2.56. The number of hydrogen-bond acceptors (Lipinski definition) is 7. The van der Waals surface area contributed by atoms with Crippen LogP contribution in [0.2, 0.25) is 0 Å². The van der Waals surface area contributed by atoms with Crippen LogP contribution in [-0.2, 0) is 14.8 Å². The maximum absolute atomic E-state index is 12.6. The molecular formula is C15H18N4O3S3. The van der Waals surface area contributed by atoms with Crippen LogP contribution in [0, 0.1) is 0 Å². The summed E-state index contributed by atoms with van der Waals surface area (Å²) < 4.78 is 27.4. The summed E-state index contributed by atoms with van der Waals surface area (Å²) in [5.74, 6) is -0.00282. The lowest BCUT2D eigenvalue weighted by Gasteiger charge is -2.35. The van der Waals surface area contributed by atoms with Crippen LogP contribution in [0.4, 0.5) is 0 Å². The lowest BCUT2D eigenvalue weighted by atomic mass is 10.3. The molecule has 0 saturated carbocycles. The summed E-state index contributed by atoms with van der Waals surface area (Å²) in [6.45, 7) is 3.23. The topological polar surface area (TPSA) is 83.5 Å². The highest BCUT2D eigenvalue weighted by Crippen LogP contribution is 2.26. The van der Waals surface area contributed by atoms with Gasteiger partial charge in [0.2, 0.25) is 15.9 Å². The number of rotatable bonds is 5. The molecule has 3 rings (SSSR count). The van der Waals surface area contributed by atoms with Crippen LogP contribution < -0.4 is 0 Å². The SMILES string of the molecule is C[C@@H](Sc1nncs1)C(=O)N1CCN(S(=O)(=O)c2ccccc2)CC1. The number of carbonyl (C=O) groups excluding carboxylic acids is 1. The predicted octanol–water partition coefficient (Wildman–Crippen LogP) is 1.55. The Bertz CT molecular complexity index is 804. The molecule has 7 nitrogen and oxygen atoms in total. The number of piperazine rings is 1. The average molecular weight is 399 g/mol. The van der Waals surface area contributed by atoms with Crippen molar-refractivity contribution in [2.24, 2.45) is 0 Å². The van der Waals surface area contributed by atoms with E-state index in [2.05, 4.69) is 10.2 Å². The number of hydrogen-bond donors (Lipinski definition) is 0. The van der Waals surface area contributed by atoms with Gasteiger partial charge in [-0.25, -0.2) is 8.42 Å². The van der Waals surface area contributed by atoms with Crippen molar-refractivity contribution in [1.82, 2.24) is 19.4 Å². The molecule has 1 saturated heterocycles. The quantitative estimate of drug-likeness (QED) is 0.711. The summed E-state index contributed by atoms with van der Waals surface area (Å²) in [7, 11) is -3.50. The van der Waals surface area contributed by atoms with Gasteiger partial charge in [-0.1, -0.05) is 41.3 Å². The van der Waals surface area contributed by atoms with E-state index in [0.717, 1.165) is 4.34 Å². The van der Waals surface area contributed by atoms with Crippen molar-refractivity contribution in [1.29, 1.82) is 0 Å². The minimum Gasteiger partial charge on any atom is -0.339 e. The Morgan fingerprint density at radius 1 is 1.20 bits per heavy atom. The highest BCUT2D eigenvalue weighted by molar-refractivity contribution is 8.02.